The summed E-state index contributed by atoms with van der Waals surface area (Å²) in [5.41, 5.74) is -3.59. The van der Waals surface area contributed by atoms with Crippen LogP contribution in [0.25, 0.3) is 0 Å². The summed E-state index contributed by atoms with van der Waals surface area (Å²) in [5.74, 6) is -2.55. The first kappa shape index (κ1) is 13.3. The fourth-order valence-corrected chi connectivity index (χ4v) is 2.13. The molecule has 1 fully saturated rings. The molecule has 0 saturated heterocycles. The van der Waals surface area contributed by atoms with Gasteiger partial charge in [-0.25, -0.2) is 4.79 Å². The second-order valence-electron chi connectivity index (χ2n) is 4.37. The van der Waals surface area contributed by atoms with Crippen LogP contribution in [0.1, 0.15) is 38.5 Å². The Balaban J connectivity index is 2.74. The first-order chi connectivity index (χ1) is 7.27. The summed E-state index contributed by atoms with van der Waals surface area (Å²) in [6, 6.07) is 0. The molecule has 94 valence electrons. The van der Waals surface area contributed by atoms with Crippen molar-refractivity contribution in [1.29, 1.82) is 0 Å². The third-order valence-electron chi connectivity index (χ3n) is 3.13. The number of carboxylic acid groups (broad SMARTS) is 1. The zero-order valence-electron chi connectivity index (χ0n) is 8.76. The number of hydrogen-bond donors (Lipinski definition) is 2. The average molecular weight is 240 g/mol. The molecule has 0 amide bonds. The lowest BCUT2D eigenvalue weighted by Gasteiger charge is -2.31. The molecule has 16 heavy (non-hydrogen) atoms. The van der Waals surface area contributed by atoms with Gasteiger partial charge in [-0.1, -0.05) is 32.1 Å². The van der Waals surface area contributed by atoms with Gasteiger partial charge in [0.15, 0.2) is 0 Å². The second kappa shape index (κ2) is 4.61. The van der Waals surface area contributed by atoms with E-state index in [1.165, 1.54) is 0 Å². The zero-order valence-corrected chi connectivity index (χ0v) is 8.76. The molecule has 3 nitrogen and oxygen atoms in total. The van der Waals surface area contributed by atoms with E-state index in [2.05, 4.69) is 0 Å². The van der Waals surface area contributed by atoms with Crippen LogP contribution in [0.15, 0.2) is 0 Å². The van der Waals surface area contributed by atoms with Gasteiger partial charge in [0.25, 0.3) is 5.60 Å². The summed E-state index contributed by atoms with van der Waals surface area (Å²) >= 11 is 0. The van der Waals surface area contributed by atoms with Crippen molar-refractivity contribution < 1.29 is 28.2 Å². The molecular formula is C10H15F3O3. The van der Waals surface area contributed by atoms with Gasteiger partial charge in [-0.05, 0) is 12.3 Å². The molecule has 0 aromatic heterocycles. The lowest BCUT2D eigenvalue weighted by molar-refractivity contribution is -0.265. The van der Waals surface area contributed by atoms with E-state index in [0.29, 0.717) is 12.8 Å². The van der Waals surface area contributed by atoms with E-state index in [-0.39, 0.29) is 5.92 Å². The standard InChI is InChI=1S/C10H15F3O3/c11-10(12,13)9(16,8(14)15)6-7-4-2-1-3-5-7/h7,16H,1-6H2,(H,14,15). The van der Waals surface area contributed by atoms with Gasteiger partial charge in [0.05, 0.1) is 0 Å². The van der Waals surface area contributed by atoms with Gasteiger partial charge in [-0.15, -0.1) is 0 Å². The van der Waals surface area contributed by atoms with Crippen LogP contribution < -0.4 is 0 Å². The first-order valence-electron chi connectivity index (χ1n) is 5.30. The maximum atomic E-state index is 12.5. The quantitative estimate of drug-likeness (QED) is 0.796. The van der Waals surface area contributed by atoms with Crippen molar-refractivity contribution in [3.63, 3.8) is 0 Å². The number of aliphatic carboxylic acids is 1. The molecule has 0 spiro atoms. The topological polar surface area (TPSA) is 57.5 Å². The maximum absolute atomic E-state index is 12.5. The highest BCUT2D eigenvalue weighted by atomic mass is 19.4. The van der Waals surface area contributed by atoms with E-state index in [1.807, 2.05) is 0 Å². The Kier molecular flexibility index (Phi) is 3.83. The van der Waals surface area contributed by atoms with E-state index < -0.39 is 24.2 Å². The number of rotatable bonds is 3. The Hall–Kier alpha value is -0.780. The van der Waals surface area contributed by atoms with Gasteiger partial charge in [0.2, 0.25) is 0 Å². The van der Waals surface area contributed by atoms with Gasteiger partial charge >= 0.3 is 12.1 Å². The van der Waals surface area contributed by atoms with E-state index in [1.54, 1.807) is 0 Å². The minimum Gasteiger partial charge on any atom is -0.479 e. The van der Waals surface area contributed by atoms with Crippen LogP contribution in [-0.2, 0) is 4.79 Å². The molecule has 1 rings (SSSR count). The van der Waals surface area contributed by atoms with E-state index in [4.69, 9.17) is 5.11 Å². The molecule has 1 unspecified atom stereocenters. The molecule has 0 radical (unpaired) electrons. The maximum Gasteiger partial charge on any atom is 0.428 e. The monoisotopic (exact) mass is 240 g/mol. The van der Waals surface area contributed by atoms with Crippen LogP contribution in [0.5, 0.6) is 0 Å². The van der Waals surface area contributed by atoms with Crippen molar-refractivity contribution in [2.24, 2.45) is 5.92 Å². The van der Waals surface area contributed by atoms with Crippen molar-refractivity contribution >= 4 is 5.97 Å². The van der Waals surface area contributed by atoms with Gasteiger partial charge in [0.1, 0.15) is 0 Å². The van der Waals surface area contributed by atoms with Crippen LogP contribution in [-0.4, -0.2) is 28.0 Å². The van der Waals surface area contributed by atoms with Gasteiger partial charge in [-0.2, -0.15) is 13.2 Å². The molecular weight excluding hydrogens is 225 g/mol. The number of halogens is 3. The lowest BCUT2D eigenvalue weighted by atomic mass is 9.80. The predicted octanol–water partition coefficient (Wildman–Crippen LogP) is 2.33. The molecule has 1 atom stereocenters. The Morgan fingerprint density at radius 2 is 1.69 bits per heavy atom. The van der Waals surface area contributed by atoms with E-state index >= 15 is 0 Å². The van der Waals surface area contributed by atoms with Gasteiger partial charge in [-0.3, -0.25) is 0 Å². The van der Waals surface area contributed by atoms with Crippen molar-refractivity contribution in [2.75, 3.05) is 0 Å². The van der Waals surface area contributed by atoms with Gasteiger partial charge < -0.3 is 10.2 Å². The fourth-order valence-electron chi connectivity index (χ4n) is 2.13. The fraction of sp³-hybridized carbons (Fsp3) is 0.900. The average Bonchev–Trinajstić information content (AvgIpc) is 2.17. The highest BCUT2D eigenvalue weighted by Gasteiger charge is 2.60. The minimum absolute atomic E-state index is 0.350. The van der Waals surface area contributed by atoms with Crippen molar-refractivity contribution in [3.05, 3.63) is 0 Å². The van der Waals surface area contributed by atoms with Crippen LogP contribution in [0.3, 0.4) is 0 Å². The van der Waals surface area contributed by atoms with Crippen LogP contribution in [0.2, 0.25) is 0 Å². The van der Waals surface area contributed by atoms with Crippen LogP contribution in [0.4, 0.5) is 13.2 Å². The zero-order chi connectivity index (χ0) is 12.4. The molecule has 2 N–H and O–H groups in total. The Labute approximate surface area is 91.3 Å². The highest BCUT2D eigenvalue weighted by molar-refractivity contribution is 5.78. The molecule has 1 aliphatic carbocycles. The first-order valence-corrected chi connectivity index (χ1v) is 5.30. The Morgan fingerprint density at radius 3 is 2.06 bits per heavy atom. The largest absolute Gasteiger partial charge is 0.479 e. The molecule has 6 heteroatoms. The molecule has 0 heterocycles. The number of carbonyl (C=O) groups is 1. The molecule has 0 aromatic rings. The number of hydrogen-bond acceptors (Lipinski definition) is 2. The SMILES string of the molecule is O=C(O)C(O)(CC1CCCCC1)C(F)(F)F. The molecule has 0 aromatic carbocycles. The number of aliphatic hydroxyl groups is 1. The Morgan fingerprint density at radius 1 is 1.19 bits per heavy atom. The number of carboxylic acids is 1. The molecule has 1 aliphatic rings. The third-order valence-corrected chi connectivity index (χ3v) is 3.13. The summed E-state index contributed by atoms with van der Waals surface area (Å²) < 4.78 is 37.4. The van der Waals surface area contributed by atoms with Gasteiger partial charge in [0, 0.05) is 0 Å². The van der Waals surface area contributed by atoms with Crippen molar-refractivity contribution in [2.45, 2.75) is 50.3 Å². The normalized spacial score (nSPS) is 22.8. The molecule has 0 aliphatic heterocycles. The Bertz CT molecular complexity index is 259. The summed E-state index contributed by atoms with van der Waals surface area (Å²) in [5, 5.41) is 17.8. The van der Waals surface area contributed by atoms with Crippen molar-refractivity contribution in [1.82, 2.24) is 0 Å². The van der Waals surface area contributed by atoms with Crippen LogP contribution >= 0.6 is 0 Å². The van der Waals surface area contributed by atoms with E-state index in [0.717, 1.165) is 19.3 Å². The lowest BCUT2D eigenvalue weighted by Crippen LogP contribution is -2.53. The summed E-state index contributed by atoms with van der Waals surface area (Å²) in [7, 11) is 0. The van der Waals surface area contributed by atoms with E-state index in [9.17, 15) is 23.1 Å². The summed E-state index contributed by atoms with van der Waals surface area (Å²) in [4.78, 5) is 10.6. The third kappa shape index (κ3) is 2.66. The second-order valence-corrected chi connectivity index (χ2v) is 4.37. The molecule has 0 bridgehead atoms. The van der Waals surface area contributed by atoms with Crippen LogP contribution in [0, 0.1) is 5.92 Å². The predicted molar refractivity (Wildman–Crippen MR) is 49.8 cm³/mol. The summed E-state index contributed by atoms with van der Waals surface area (Å²) in [6.07, 6.45) is -2.15. The molecule has 1 saturated carbocycles. The minimum atomic E-state index is -5.11. The van der Waals surface area contributed by atoms with Crippen molar-refractivity contribution in [3.8, 4) is 0 Å². The smallest absolute Gasteiger partial charge is 0.428 e. The summed E-state index contributed by atoms with van der Waals surface area (Å²) in [6.45, 7) is 0. The highest BCUT2D eigenvalue weighted by Crippen LogP contribution is 2.39. The number of alkyl halides is 3.